The van der Waals surface area contributed by atoms with Crippen LogP contribution < -0.4 is 11.1 Å². The van der Waals surface area contributed by atoms with Gasteiger partial charge in [0, 0.05) is 12.1 Å². The van der Waals surface area contributed by atoms with Crippen LogP contribution in [0.2, 0.25) is 0 Å². The van der Waals surface area contributed by atoms with Gasteiger partial charge in [0.05, 0.1) is 0 Å². The standard InChI is InChI=1S/C14H30N2/c1-12(2)14(3,11-15)16-10-13-8-6-4-5-7-9-13/h12-13,16H,4-11,15H2,1-3H3. The van der Waals surface area contributed by atoms with Crippen LogP contribution in [0.15, 0.2) is 0 Å². The van der Waals surface area contributed by atoms with Gasteiger partial charge in [0.25, 0.3) is 0 Å². The van der Waals surface area contributed by atoms with Gasteiger partial charge in [-0.25, -0.2) is 0 Å². The summed E-state index contributed by atoms with van der Waals surface area (Å²) in [5, 5.41) is 3.72. The molecule has 1 aliphatic rings. The summed E-state index contributed by atoms with van der Waals surface area (Å²) in [7, 11) is 0. The van der Waals surface area contributed by atoms with Gasteiger partial charge in [0.15, 0.2) is 0 Å². The Labute approximate surface area is 101 Å². The predicted octanol–water partition coefficient (Wildman–Crippen LogP) is 2.92. The maximum Gasteiger partial charge on any atom is 0.0298 e. The molecule has 0 bridgehead atoms. The van der Waals surface area contributed by atoms with E-state index in [1.807, 2.05) is 0 Å². The second-order valence-electron chi connectivity index (χ2n) is 6.01. The zero-order chi connectivity index (χ0) is 12.0. The average molecular weight is 226 g/mol. The molecule has 0 heterocycles. The summed E-state index contributed by atoms with van der Waals surface area (Å²) in [6, 6.07) is 0. The summed E-state index contributed by atoms with van der Waals surface area (Å²) in [5.41, 5.74) is 6.01. The first-order valence-corrected chi connectivity index (χ1v) is 7.03. The Morgan fingerprint density at radius 2 is 1.75 bits per heavy atom. The molecule has 1 saturated carbocycles. The maximum atomic E-state index is 5.89. The summed E-state index contributed by atoms with van der Waals surface area (Å²) in [6.07, 6.45) is 8.54. The summed E-state index contributed by atoms with van der Waals surface area (Å²) in [5.74, 6) is 1.48. The maximum absolute atomic E-state index is 5.89. The smallest absolute Gasteiger partial charge is 0.0298 e. The van der Waals surface area contributed by atoms with E-state index < -0.39 is 0 Å². The Hall–Kier alpha value is -0.0800. The molecule has 0 aromatic rings. The van der Waals surface area contributed by atoms with Gasteiger partial charge in [-0.2, -0.15) is 0 Å². The van der Waals surface area contributed by atoms with E-state index in [9.17, 15) is 0 Å². The third kappa shape index (κ3) is 4.06. The minimum Gasteiger partial charge on any atom is -0.329 e. The van der Waals surface area contributed by atoms with Crippen molar-refractivity contribution in [1.29, 1.82) is 0 Å². The van der Waals surface area contributed by atoms with Crippen LogP contribution >= 0.6 is 0 Å². The van der Waals surface area contributed by atoms with Gasteiger partial charge in [-0.15, -0.1) is 0 Å². The van der Waals surface area contributed by atoms with Crippen LogP contribution in [0.25, 0.3) is 0 Å². The third-order valence-electron chi connectivity index (χ3n) is 4.47. The van der Waals surface area contributed by atoms with E-state index in [-0.39, 0.29) is 5.54 Å². The first-order chi connectivity index (χ1) is 7.58. The van der Waals surface area contributed by atoms with E-state index in [1.54, 1.807) is 0 Å². The molecule has 2 heteroatoms. The Morgan fingerprint density at radius 3 is 2.19 bits per heavy atom. The van der Waals surface area contributed by atoms with Crippen LogP contribution in [0.1, 0.15) is 59.3 Å². The zero-order valence-corrected chi connectivity index (χ0v) is 11.4. The molecule has 3 N–H and O–H groups in total. The molecule has 0 aliphatic heterocycles. The molecule has 0 saturated heterocycles. The van der Waals surface area contributed by atoms with E-state index in [2.05, 4.69) is 26.1 Å². The highest BCUT2D eigenvalue weighted by Crippen LogP contribution is 2.23. The Bertz CT molecular complexity index is 183. The van der Waals surface area contributed by atoms with Crippen molar-refractivity contribution in [3.05, 3.63) is 0 Å². The Kier molecular flexibility index (Phi) is 5.77. The molecule has 0 spiro atoms. The molecule has 2 nitrogen and oxygen atoms in total. The van der Waals surface area contributed by atoms with Crippen molar-refractivity contribution in [3.8, 4) is 0 Å². The molecule has 1 atom stereocenters. The third-order valence-corrected chi connectivity index (χ3v) is 4.47. The van der Waals surface area contributed by atoms with Crippen LogP contribution in [0.3, 0.4) is 0 Å². The minimum atomic E-state index is 0.117. The van der Waals surface area contributed by atoms with Crippen molar-refractivity contribution in [3.63, 3.8) is 0 Å². The Morgan fingerprint density at radius 1 is 1.19 bits per heavy atom. The minimum absolute atomic E-state index is 0.117. The average Bonchev–Trinajstić information content (AvgIpc) is 2.54. The molecule has 16 heavy (non-hydrogen) atoms. The summed E-state index contributed by atoms with van der Waals surface area (Å²) < 4.78 is 0. The monoisotopic (exact) mass is 226 g/mol. The van der Waals surface area contributed by atoms with E-state index in [0.717, 1.165) is 19.0 Å². The fourth-order valence-electron chi connectivity index (χ4n) is 2.46. The first kappa shape index (κ1) is 14.0. The molecular weight excluding hydrogens is 196 g/mol. The fourth-order valence-corrected chi connectivity index (χ4v) is 2.46. The molecule has 96 valence electrons. The number of hydrogen-bond acceptors (Lipinski definition) is 2. The van der Waals surface area contributed by atoms with Crippen molar-refractivity contribution in [1.82, 2.24) is 5.32 Å². The largest absolute Gasteiger partial charge is 0.329 e. The van der Waals surface area contributed by atoms with Gasteiger partial charge < -0.3 is 11.1 Å². The van der Waals surface area contributed by atoms with Crippen LogP contribution in [0, 0.1) is 11.8 Å². The van der Waals surface area contributed by atoms with Gasteiger partial charge >= 0.3 is 0 Å². The summed E-state index contributed by atoms with van der Waals surface area (Å²) in [4.78, 5) is 0. The van der Waals surface area contributed by atoms with Crippen molar-refractivity contribution in [2.45, 2.75) is 64.8 Å². The van der Waals surface area contributed by atoms with Crippen molar-refractivity contribution >= 4 is 0 Å². The first-order valence-electron chi connectivity index (χ1n) is 7.03. The van der Waals surface area contributed by atoms with Gasteiger partial charge in [0.2, 0.25) is 0 Å². The molecule has 1 fully saturated rings. The van der Waals surface area contributed by atoms with Crippen molar-refractivity contribution in [2.24, 2.45) is 17.6 Å². The highest BCUT2D eigenvalue weighted by atomic mass is 15.0. The predicted molar refractivity (Wildman–Crippen MR) is 71.5 cm³/mol. The van der Waals surface area contributed by atoms with Crippen molar-refractivity contribution in [2.75, 3.05) is 13.1 Å². The molecule has 1 rings (SSSR count). The zero-order valence-electron chi connectivity index (χ0n) is 11.4. The lowest BCUT2D eigenvalue weighted by atomic mass is 9.87. The normalized spacial score (nSPS) is 23.1. The fraction of sp³-hybridized carbons (Fsp3) is 1.00. The quantitative estimate of drug-likeness (QED) is 0.707. The van der Waals surface area contributed by atoms with Crippen LogP contribution in [-0.4, -0.2) is 18.6 Å². The topological polar surface area (TPSA) is 38.0 Å². The molecule has 1 unspecified atom stereocenters. The van der Waals surface area contributed by atoms with E-state index >= 15 is 0 Å². The SMILES string of the molecule is CC(C)C(C)(CN)NCC1CCCCCC1. The van der Waals surface area contributed by atoms with Gasteiger partial charge in [0.1, 0.15) is 0 Å². The van der Waals surface area contributed by atoms with Crippen molar-refractivity contribution < 1.29 is 0 Å². The van der Waals surface area contributed by atoms with E-state index in [0.29, 0.717) is 5.92 Å². The van der Waals surface area contributed by atoms with Gasteiger partial charge in [-0.05, 0) is 38.1 Å². The molecular formula is C14H30N2. The second-order valence-corrected chi connectivity index (χ2v) is 6.01. The molecule has 0 amide bonds. The highest BCUT2D eigenvalue weighted by Gasteiger charge is 2.26. The van der Waals surface area contributed by atoms with Crippen LogP contribution in [0.4, 0.5) is 0 Å². The van der Waals surface area contributed by atoms with E-state index in [4.69, 9.17) is 5.73 Å². The number of hydrogen-bond donors (Lipinski definition) is 2. The molecule has 1 aliphatic carbocycles. The number of rotatable bonds is 5. The molecule has 0 aromatic carbocycles. The van der Waals surface area contributed by atoms with Gasteiger partial charge in [-0.1, -0.05) is 39.5 Å². The van der Waals surface area contributed by atoms with Crippen LogP contribution in [-0.2, 0) is 0 Å². The lowest BCUT2D eigenvalue weighted by Gasteiger charge is -2.35. The van der Waals surface area contributed by atoms with E-state index in [1.165, 1.54) is 38.5 Å². The lowest BCUT2D eigenvalue weighted by molar-refractivity contribution is 0.246. The second kappa shape index (κ2) is 6.61. The summed E-state index contributed by atoms with van der Waals surface area (Å²) in [6.45, 7) is 8.66. The molecule has 0 aromatic heterocycles. The van der Waals surface area contributed by atoms with Gasteiger partial charge in [-0.3, -0.25) is 0 Å². The molecule has 0 radical (unpaired) electrons. The van der Waals surface area contributed by atoms with Crippen LogP contribution in [0.5, 0.6) is 0 Å². The Balaban J connectivity index is 2.36. The highest BCUT2D eigenvalue weighted by molar-refractivity contribution is 4.88. The lowest BCUT2D eigenvalue weighted by Crippen LogP contribution is -2.53. The summed E-state index contributed by atoms with van der Waals surface area (Å²) >= 11 is 0. The number of nitrogens with two attached hydrogens (primary N) is 1. The number of nitrogens with one attached hydrogen (secondary N) is 1.